The van der Waals surface area contributed by atoms with Gasteiger partial charge in [0.15, 0.2) is 0 Å². The average molecular weight is 383 g/mol. The summed E-state index contributed by atoms with van der Waals surface area (Å²) in [6, 6.07) is 18.9. The van der Waals surface area contributed by atoms with Gasteiger partial charge in [0.1, 0.15) is 17.8 Å². The smallest absolute Gasteiger partial charge is 0.274 e. The number of nitrogens with one attached hydrogen (secondary N) is 1. The summed E-state index contributed by atoms with van der Waals surface area (Å²) in [5, 5.41) is 2.83. The highest BCUT2D eigenvalue weighted by atomic mass is 79.9. The summed E-state index contributed by atoms with van der Waals surface area (Å²) in [7, 11) is 1.90. The minimum absolute atomic E-state index is 0.279. The number of anilines is 3. The van der Waals surface area contributed by atoms with Crippen molar-refractivity contribution >= 4 is 39.0 Å². The van der Waals surface area contributed by atoms with Gasteiger partial charge in [0, 0.05) is 29.0 Å². The first-order valence-electron chi connectivity index (χ1n) is 7.31. The Kier molecular flexibility index (Phi) is 4.86. The molecule has 0 saturated heterocycles. The van der Waals surface area contributed by atoms with Crippen LogP contribution >= 0.6 is 15.9 Å². The number of amides is 1. The van der Waals surface area contributed by atoms with Crippen LogP contribution in [0.4, 0.5) is 17.2 Å². The van der Waals surface area contributed by atoms with E-state index in [1.807, 2.05) is 66.5 Å². The van der Waals surface area contributed by atoms with Crippen LogP contribution in [0.25, 0.3) is 0 Å². The summed E-state index contributed by atoms with van der Waals surface area (Å²) in [5.41, 5.74) is 1.99. The third-order valence-electron chi connectivity index (χ3n) is 3.45. The summed E-state index contributed by atoms with van der Waals surface area (Å²) in [4.78, 5) is 22.6. The number of rotatable bonds is 4. The first kappa shape index (κ1) is 16.1. The Hall–Kier alpha value is -2.73. The molecule has 3 aromatic rings. The highest BCUT2D eigenvalue weighted by Crippen LogP contribution is 2.21. The van der Waals surface area contributed by atoms with Crippen LogP contribution in [0.5, 0.6) is 0 Å². The van der Waals surface area contributed by atoms with E-state index in [1.54, 1.807) is 6.07 Å². The minimum atomic E-state index is -0.279. The third kappa shape index (κ3) is 3.78. The Morgan fingerprint density at radius 1 is 1.04 bits per heavy atom. The van der Waals surface area contributed by atoms with Gasteiger partial charge in [-0.3, -0.25) is 4.79 Å². The van der Waals surface area contributed by atoms with Gasteiger partial charge >= 0.3 is 0 Å². The number of para-hydroxylation sites is 1. The maximum atomic E-state index is 12.4. The molecule has 0 aliphatic carbocycles. The number of nitrogens with zero attached hydrogens (tertiary/aromatic N) is 3. The summed E-state index contributed by atoms with van der Waals surface area (Å²) < 4.78 is 0.896. The van der Waals surface area contributed by atoms with Crippen molar-refractivity contribution in [2.75, 3.05) is 17.3 Å². The maximum Gasteiger partial charge on any atom is 0.274 e. The van der Waals surface area contributed by atoms with Crippen molar-refractivity contribution in [1.29, 1.82) is 0 Å². The molecule has 0 spiro atoms. The fourth-order valence-corrected chi connectivity index (χ4v) is 2.60. The second-order valence-corrected chi connectivity index (χ2v) is 6.04. The Balaban J connectivity index is 1.81. The zero-order valence-electron chi connectivity index (χ0n) is 13.0. The number of carbonyl (C=O) groups is 1. The van der Waals surface area contributed by atoms with Crippen molar-refractivity contribution in [2.24, 2.45) is 0 Å². The molecule has 24 heavy (non-hydrogen) atoms. The molecule has 1 heterocycles. The lowest BCUT2D eigenvalue weighted by Crippen LogP contribution is -2.17. The molecule has 0 bridgehead atoms. The van der Waals surface area contributed by atoms with Crippen LogP contribution in [-0.2, 0) is 0 Å². The normalized spacial score (nSPS) is 10.2. The molecule has 0 radical (unpaired) electrons. The largest absolute Gasteiger partial charge is 0.329 e. The van der Waals surface area contributed by atoms with Gasteiger partial charge in [-0.1, -0.05) is 40.2 Å². The summed E-state index contributed by atoms with van der Waals surface area (Å²) in [6.07, 6.45) is 1.39. The lowest BCUT2D eigenvalue weighted by Gasteiger charge is -2.18. The molecule has 0 fully saturated rings. The molecule has 1 amide bonds. The Bertz CT molecular complexity index is 854. The molecule has 3 rings (SSSR count). The Labute approximate surface area is 148 Å². The molecule has 1 N–H and O–H groups in total. The number of benzene rings is 2. The minimum Gasteiger partial charge on any atom is -0.329 e. The number of halogens is 1. The molecular formula is C18H15BrN4O. The SMILES string of the molecule is CN(c1ccccc1)c1cc(C(=O)Nc2cccc(Br)c2)ncn1. The van der Waals surface area contributed by atoms with E-state index in [2.05, 4.69) is 31.2 Å². The predicted octanol–water partition coefficient (Wildman–Crippen LogP) is 4.26. The molecular weight excluding hydrogens is 368 g/mol. The van der Waals surface area contributed by atoms with E-state index in [4.69, 9.17) is 0 Å². The van der Waals surface area contributed by atoms with Crippen molar-refractivity contribution < 1.29 is 4.79 Å². The topological polar surface area (TPSA) is 58.1 Å². The van der Waals surface area contributed by atoms with Gasteiger partial charge in [-0.2, -0.15) is 0 Å². The van der Waals surface area contributed by atoms with E-state index >= 15 is 0 Å². The summed E-state index contributed by atoms with van der Waals surface area (Å²) in [5.74, 6) is 0.369. The van der Waals surface area contributed by atoms with Crippen LogP contribution in [-0.4, -0.2) is 22.9 Å². The van der Waals surface area contributed by atoms with Crippen LogP contribution in [0.1, 0.15) is 10.5 Å². The first-order valence-corrected chi connectivity index (χ1v) is 8.10. The molecule has 0 aliphatic rings. The molecule has 0 unspecified atom stereocenters. The highest BCUT2D eigenvalue weighted by Gasteiger charge is 2.12. The number of carbonyl (C=O) groups excluding carboxylic acids is 1. The van der Waals surface area contributed by atoms with Gasteiger partial charge in [-0.15, -0.1) is 0 Å². The Morgan fingerprint density at radius 3 is 2.58 bits per heavy atom. The van der Waals surface area contributed by atoms with Gasteiger partial charge in [0.25, 0.3) is 5.91 Å². The van der Waals surface area contributed by atoms with Gasteiger partial charge < -0.3 is 10.2 Å². The van der Waals surface area contributed by atoms with Crippen LogP contribution in [0.15, 0.2) is 71.5 Å². The number of hydrogen-bond donors (Lipinski definition) is 1. The van der Waals surface area contributed by atoms with Crippen LogP contribution in [0, 0.1) is 0 Å². The summed E-state index contributed by atoms with van der Waals surface area (Å²) in [6.45, 7) is 0. The number of hydrogen-bond acceptors (Lipinski definition) is 4. The van der Waals surface area contributed by atoms with E-state index in [9.17, 15) is 4.79 Å². The van der Waals surface area contributed by atoms with Gasteiger partial charge in [-0.05, 0) is 30.3 Å². The van der Waals surface area contributed by atoms with Crippen LogP contribution in [0.2, 0.25) is 0 Å². The molecule has 120 valence electrons. The van der Waals surface area contributed by atoms with E-state index in [0.717, 1.165) is 10.2 Å². The van der Waals surface area contributed by atoms with Gasteiger partial charge in [0.2, 0.25) is 0 Å². The lowest BCUT2D eigenvalue weighted by atomic mass is 10.2. The first-order chi connectivity index (χ1) is 11.6. The fourth-order valence-electron chi connectivity index (χ4n) is 2.20. The van der Waals surface area contributed by atoms with E-state index in [0.29, 0.717) is 17.2 Å². The molecule has 2 aromatic carbocycles. The monoisotopic (exact) mass is 382 g/mol. The van der Waals surface area contributed by atoms with E-state index in [1.165, 1.54) is 6.33 Å². The molecule has 1 aromatic heterocycles. The van der Waals surface area contributed by atoms with Crippen molar-refractivity contribution in [3.63, 3.8) is 0 Å². The molecule has 0 aliphatic heterocycles. The van der Waals surface area contributed by atoms with Crippen molar-refractivity contribution in [1.82, 2.24) is 9.97 Å². The molecule has 0 atom stereocenters. The maximum absolute atomic E-state index is 12.4. The van der Waals surface area contributed by atoms with Gasteiger partial charge in [0.05, 0.1) is 0 Å². The van der Waals surface area contributed by atoms with E-state index < -0.39 is 0 Å². The molecule has 0 saturated carbocycles. The van der Waals surface area contributed by atoms with E-state index in [-0.39, 0.29) is 5.91 Å². The molecule has 6 heteroatoms. The van der Waals surface area contributed by atoms with Crippen LogP contribution in [0.3, 0.4) is 0 Å². The van der Waals surface area contributed by atoms with Gasteiger partial charge in [-0.25, -0.2) is 9.97 Å². The lowest BCUT2D eigenvalue weighted by molar-refractivity contribution is 0.102. The van der Waals surface area contributed by atoms with Crippen molar-refractivity contribution in [2.45, 2.75) is 0 Å². The second-order valence-electron chi connectivity index (χ2n) is 5.12. The average Bonchev–Trinajstić information content (AvgIpc) is 2.62. The standard InChI is InChI=1S/C18H15BrN4O/c1-23(15-8-3-2-4-9-15)17-11-16(20-12-21-17)18(24)22-14-7-5-6-13(19)10-14/h2-12H,1H3,(H,22,24). The zero-order valence-corrected chi connectivity index (χ0v) is 14.6. The van der Waals surface area contributed by atoms with Crippen LogP contribution < -0.4 is 10.2 Å². The highest BCUT2D eigenvalue weighted by molar-refractivity contribution is 9.10. The van der Waals surface area contributed by atoms with Crippen molar-refractivity contribution in [3.05, 3.63) is 77.2 Å². The summed E-state index contributed by atoms with van der Waals surface area (Å²) >= 11 is 3.38. The quantitative estimate of drug-likeness (QED) is 0.732. The third-order valence-corrected chi connectivity index (χ3v) is 3.95. The zero-order chi connectivity index (χ0) is 16.9. The fraction of sp³-hybridized carbons (Fsp3) is 0.0556. The Morgan fingerprint density at radius 2 is 1.83 bits per heavy atom. The second kappa shape index (κ2) is 7.23. The molecule has 5 nitrogen and oxygen atoms in total. The van der Waals surface area contributed by atoms with Crippen molar-refractivity contribution in [3.8, 4) is 0 Å². The number of aromatic nitrogens is 2. The predicted molar refractivity (Wildman–Crippen MR) is 98.6 cm³/mol.